The van der Waals surface area contributed by atoms with E-state index in [2.05, 4.69) is 36.4 Å². The Bertz CT molecular complexity index is 167. The van der Waals surface area contributed by atoms with Crippen LogP contribution in [-0.2, 0) is 9.47 Å². The molecule has 0 unspecified atom stereocenters. The number of halogens is 1. The zero-order valence-corrected chi connectivity index (χ0v) is 12.8. The molecule has 3 heteroatoms. The average molecular weight is 340 g/mol. The van der Waals surface area contributed by atoms with Gasteiger partial charge in [0.1, 0.15) is 0 Å². The van der Waals surface area contributed by atoms with Gasteiger partial charge in [-0.3, -0.25) is 0 Å². The number of hydrogen-bond acceptors (Lipinski definition) is 2. The molecular weight excluding hydrogens is 315 g/mol. The molecule has 0 atom stereocenters. The van der Waals surface area contributed by atoms with Gasteiger partial charge < -0.3 is 9.47 Å². The molecule has 1 fully saturated rings. The van der Waals surface area contributed by atoms with Crippen molar-refractivity contribution in [1.29, 1.82) is 0 Å². The highest BCUT2D eigenvalue weighted by molar-refractivity contribution is 14.1. The van der Waals surface area contributed by atoms with E-state index >= 15 is 0 Å². The highest BCUT2D eigenvalue weighted by Gasteiger charge is 2.35. The smallest absolute Gasteiger partial charge is 0.168 e. The van der Waals surface area contributed by atoms with E-state index in [1.165, 1.54) is 25.7 Å². The van der Waals surface area contributed by atoms with Gasteiger partial charge in [0, 0.05) is 23.2 Å². The van der Waals surface area contributed by atoms with Crippen molar-refractivity contribution in [3.63, 3.8) is 0 Å². The van der Waals surface area contributed by atoms with Gasteiger partial charge in [0.15, 0.2) is 5.79 Å². The van der Waals surface area contributed by atoms with Crippen LogP contribution in [0, 0.1) is 5.92 Å². The first-order valence-electron chi connectivity index (χ1n) is 6.60. The maximum Gasteiger partial charge on any atom is 0.168 e. The van der Waals surface area contributed by atoms with Gasteiger partial charge >= 0.3 is 0 Å². The highest BCUT2D eigenvalue weighted by atomic mass is 127. The van der Waals surface area contributed by atoms with E-state index in [1.807, 2.05) is 0 Å². The topological polar surface area (TPSA) is 18.5 Å². The van der Waals surface area contributed by atoms with Crippen molar-refractivity contribution in [3.8, 4) is 0 Å². The molecule has 1 aliphatic rings. The average Bonchev–Trinajstić information content (AvgIpc) is 2.35. The normalized spacial score (nSPS) is 21.2. The Morgan fingerprint density at radius 2 is 1.56 bits per heavy atom. The lowest BCUT2D eigenvalue weighted by Gasteiger charge is -2.40. The number of rotatable bonds is 7. The third-order valence-corrected chi connectivity index (χ3v) is 4.45. The second-order valence-corrected chi connectivity index (χ2v) is 5.64. The summed E-state index contributed by atoms with van der Waals surface area (Å²) in [6.45, 7) is 6.22. The third-order valence-electron chi connectivity index (χ3n) is 3.20. The Morgan fingerprint density at radius 1 is 1.06 bits per heavy atom. The summed E-state index contributed by atoms with van der Waals surface area (Å²) in [6.07, 6.45) is 6.98. The number of hydrogen-bond donors (Lipinski definition) is 0. The van der Waals surface area contributed by atoms with Gasteiger partial charge in [-0.1, -0.05) is 49.3 Å². The molecule has 0 aromatic carbocycles. The van der Waals surface area contributed by atoms with Crippen molar-refractivity contribution in [2.45, 2.75) is 58.2 Å². The lowest BCUT2D eigenvalue weighted by Crippen LogP contribution is -2.44. The number of alkyl halides is 1. The SMILES string of the molecule is CCCCC1(CCCC)OCC(CI)CO1. The largest absolute Gasteiger partial charge is 0.350 e. The summed E-state index contributed by atoms with van der Waals surface area (Å²) in [5.41, 5.74) is 0. The van der Waals surface area contributed by atoms with E-state index in [-0.39, 0.29) is 5.79 Å². The fourth-order valence-corrected chi connectivity index (χ4v) is 2.53. The fraction of sp³-hybridized carbons (Fsp3) is 1.00. The van der Waals surface area contributed by atoms with Gasteiger partial charge in [0.05, 0.1) is 13.2 Å². The van der Waals surface area contributed by atoms with E-state index in [0.29, 0.717) is 5.92 Å². The van der Waals surface area contributed by atoms with Crippen LogP contribution in [0.2, 0.25) is 0 Å². The van der Waals surface area contributed by atoms with Gasteiger partial charge in [0.2, 0.25) is 0 Å². The van der Waals surface area contributed by atoms with Crippen molar-refractivity contribution in [2.75, 3.05) is 17.6 Å². The van der Waals surface area contributed by atoms with Gasteiger partial charge in [0.25, 0.3) is 0 Å². The summed E-state index contributed by atoms with van der Waals surface area (Å²) < 4.78 is 13.2. The van der Waals surface area contributed by atoms with E-state index < -0.39 is 0 Å². The minimum absolute atomic E-state index is 0.242. The molecule has 0 N–H and O–H groups in total. The molecule has 0 amide bonds. The van der Waals surface area contributed by atoms with Gasteiger partial charge in [-0.25, -0.2) is 0 Å². The summed E-state index contributed by atoms with van der Waals surface area (Å²) in [5.74, 6) is 0.353. The standard InChI is InChI=1S/C13H25IO2/c1-3-5-7-13(8-6-4-2)15-10-12(9-14)11-16-13/h12H,3-11H2,1-2H3. The minimum atomic E-state index is -0.242. The summed E-state index contributed by atoms with van der Waals surface area (Å²) >= 11 is 2.42. The monoisotopic (exact) mass is 340 g/mol. The second kappa shape index (κ2) is 7.88. The predicted octanol–water partition coefficient (Wildman–Crippen LogP) is 4.16. The molecule has 0 aromatic heterocycles. The fourth-order valence-electron chi connectivity index (χ4n) is 2.02. The number of ether oxygens (including phenoxy) is 2. The van der Waals surface area contributed by atoms with Crippen LogP contribution in [0.3, 0.4) is 0 Å². The summed E-state index contributed by atoms with van der Waals surface area (Å²) in [4.78, 5) is 0. The zero-order valence-electron chi connectivity index (χ0n) is 10.6. The molecule has 0 aliphatic carbocycles. The van der Waals surface area contributed by atoms with E-state index in [4.69, 9.17) is 9.47 Å². The molecule has 96 valence electrons. The van der Waals surface area contributed by atoms with E-state index in [0.717, 1.165) is 30.5 Å². The Morgan fingerprint density at radius 3 is 1.94 bits per heavy atom. The van der Waals surface area contributed by atoms with Crippen LogP contribution in [-0.4, -0.2) is 23.4 Å². The van der Waals surface area contributed by atoms with Crippen molar-refractivity contribution in [1.82, 2.24) is 0 Å². The zero-order chi connectivity index (χ0) is 11.9. The number of unbranched alkanes of at least 4 members (excludes halogenated alkanes) is 2. The predicted molar refractivity (Wildman–Crippen MR) is 76.1 cm³/mol. The van der Waals surface area contributed by atoms with Crippen molar-refractivity contribution < 1.29 is 9.47 Å². The molecule has 0 radical (unpaired) electrons. The lowest BCUT2D eigenvalue weighted by molar-refractivity contribution is -0.287. The third kappa shape index (κ3) is 4.49. The second-order valence-electron chi connectivity index (χ2n) is 4.76. The molecule has 0 saturated carbocycles. The van der Waals surface area contributed by atoms with Crippen LogP contribution in [0.4, 0.5) is 0 Å². The molecule has 1 heterocycles. The first kappa shape index (κ1) is 14.7. The molecule has 1 saturated heterocycles. The molecule has 1 rings (SSSR count). The van der Waals surface area contributed by atoms with Crippen LogP contribution in [0.15, 0.2) is 0 Å². The van der Waals surface area contributed by atoms with Crippen LogP contribution in [0.1, 0.15) is 52.4 Å². The minimum Gasteiger partial charge on any atom is -0.350 e. The molecule has 1 aliphatic heterocycles. The molecular formula is C13H25IO2. The van der Waals surface area contributed by atoms with E-state index in [9.17, 15) is 0 Å². The van der Waals surface area contributed by atoms with Gasteiger partial charge in [-0.05, 0) is 12.8 Å². The van der Waals surface area contributed by atoms with Crippen molar-refractivity contribution in [3.05, 3.63) is 0 Å². The molecule has 16 heavy (non-hydrogen) atoms. The van der Waals surface area contributed by atoms with Crippen LogP contribution >= 0.6 is 22.6 Å². The Kier molecular flexibility index (Phi) is 7.24. The maximum absolute atomic E-state index is 6.05. The Hall–Kier alpha value is 0.650. The summed E-state index contributed by atoms with van der Waals surface area (Å²) in [5, 5.41) is 0. The molecule has 0 spiro atoms. The highest BCUT2D eigenvalue weighted by Crippen LogP contribution is 2.32. The van der Waals surface area contributed by atoms with E-state index in [1.54, 1.807) is 0 Å². The maximum atomic E-state index is 6.05. The van der Waals surface area contributed by atoms with Crippen LogP contribution < -0.4 is 0 Å². The molecule has 0 bridgehead atoms. The Labute approximate surface area is 114 Å². The Balaban J connectivity index is 2.44. The molecule has 2 nitrogen and oxygen atoms in total. The van der Waals surface area contributed by atoms with Crippen molar-refractivity contribution >= 4 is 22.6 Å². The van der Waals surface area contributed by atoms with Gasteiger partial charge in [-0.15, -0.1) is 0 Å². The molecule has 0 aromatic rings. The summed E-state index contributed by atoms with van der Waals surface area (Å²) in [6, 6.07) is 0. The summed E-state index contributed by atoms with van der Waals surface area (Å²) in [7, 11) is 0. The first-order chi connectivity index (χ1) is 7.76. The van der Waals surface area contributed by atoms with Crippen LogP contribution in [0.25, 0.3) is 0 Å². The van der Waals surface area contributed by atoms with Crippen molar-refractivity contribution in [2.24, 2.45) is 5.92 Å². The first-order valence-corrected chi connectivity index (χ1v) is 8.12. The van der Waals surface area contributed by atoms with Crippen LogP contribution in [0.5, 0.6) is 0 Å². The quantitative estimate of drug-likeness (QED) is 0.512. The lowest BCUT2D eigenvalue weighted by atomic mass is 10.0. The van der Waals surface area contributed by atoms with Gasteiger partial charge in [-0.2, -0.15) is 0 Å².